The lowest BCUT2D eigenvalue weighted by atomic mass is 10.0. The van der Waals surface area contributed by atoms with Gasteiger partial charge in [0.2, 0.25) is 5.95 Å². The molecule has 0 spiro atoms. The molecule has 2 heterocycles. The summed E-state index contributed by atoms with van der Waals surface area (Å²) < 4.78 is 0.909. The van der Waals surface area contributed by atoms with Crippen LogP contribution in [0.15, 0.2) is 10.7 Å². The fourth-order valence-electron chi connectivity index (χ4n) is 2.06. The van der Waals surface area contributed by atoms with Gasteiger partial charge in [-0.1, -0.05) is 0 Å². The van der Waals surface area contributed by atoms with Crippen molar-refractivity contribution in [2.75, 3.05) is 17.2 Å². The predicted molar refractivity (Wildman–Crippen MR) is 64.8 cm³/mol. The highest BCUT2D eigenvalue weighted by molar-refractivity contribution is 9.10. The van der Waals surface area contributed by atoms with Crippen LogP contribution >= 0.6 is 15.9 Å². The Morgan fingerprint density at radius 3 is 2.87 bits per heavy atom. The Morgan fingerprint density at radius 2 is 2.27 bits per heavy atom. The van der Waals surface area contributed by atoms with Crippen LogP contribution in [0.3, 0.4) is 0 Å². The van der Waals surface area contributed by atoms with E-state index < -0.39 is 0 Å². The number of aromatic nitrogens is 2. The maximum Gasteiger partial charge on any atom is 0.222 e. The smallest absolute Gasteiger partial charge is 0.222 e. The summed E-state index contributed by atoms with van der Waals surface area (Å²) in [6.45, 7) is 5.48. The number of nitrogen functional groups attached to an aromatic ring is 1. The van der Waals surface area contributed by atoms with Crippen molar-refractivity contribution in [1.29, 1.82) is 0 Å². The lowest BCUT2D eigenvalue weighted by Crippen LogP contribution is -2.39. The van der Waals surface area contributed by atoms with E-state index in [4.69, 9.17) is 5.73 Å². The summed E-state index contributed by atoms with van der Waals surface area (Å²) in [6, 6.07) is 0. The SMILES string of the molecule is CC1(C)CCCN1c1nc(N)ncc1Br. The van der Waals surface area contributed by atoms with E-state index in [9.17, 15) is 0 Å². The number of rotatable bonds is 1. The number of hydrogen-bond acceptors (Lipinski definition) is 4. The standard InChI is InChI=1S/C10H15BrN4/c1-10(2)4-3-5-15(10)8-7(11)6-13-9(12)14-8/h6H,3-5H2,1-2H3,(H2,12,13,14). The zero-order chi connectivity index (χ0) is 11.1. The Labute approximate surface area is 98.0 Å². The average molecular weight is 271 g/mol. The normalized spacial score (nSPS) is 19.5. The minimum atomic E-state index is 0.156. The lowest BCUT2D eigenvalue weighted by molar-refractivity contribution is 0.513. The summed E-state index contributed by atoms with van der Waals surface area (Å²) >= 11 is 3.47. The van der Waals surface area contributed by atoms with Gasteiger partial charge in [0, 0.05) is 18.3 Å². The van der Waals surface area contributed by atoms with E-state index in [0.29, 0.717) is 5.95 Å². The van der Waals surface area contributed by atoms with E-state index in [0.717, 1.165) is 16.8 Å². The molecule has 0 unspecified atom stereocenters. The highest BCUT2D eigenvalue weighted by atomic mass is 79.9. The minimum absolute atomic E-state index is 0.156. The first-order chi connectivity index (χ1) is 7.00. The average Bonchev–Trinajstić information content (AvgIpc) is 2.50. The Morgan fingerprint density at radius 1 is 1.53 bits per heavy atom. The van der Waals surface area contributed by atoms with Gasteiger partial charge in [0.15, 0.2) is 0 Å². The van der Waals surface area contributed by atoms with E-state index in [2.05, 4.69) is 44.6 Å². The van der Waals surface area contributed by atoms with Crippen molar-refractivity contribution < 1.29 is 0 Å². The molecular weight excluding hydrogens is 256 g/mol. The molecule has 1 aliphatic heterocycles. The number of hydrogen-bond donors (Lipinski definition) is 1. The van der Waals surface area contributed by atoms with Crippen molar-refractivity contribution in [2.24, 2.45) is 0 Å². The Hall–Kier alpha value is -0.840. The zero-order valence-electron chi connectivity index (χ0n) is 9.00. The van der Waals surface area contributed by atoms with Gasteiger partial charge in [-0.25, -0.2) is 4.98 Å². The van der Waals surface area contributed by atoms with Crippen LogP contribution in [0.25, 0.3) is 0 Å². The molecule has 0 saturated carbocycles. The summed E-state index contributed by atoms with van der Waals surface area (Å²) in [5.41, 5.74) is 5.77. The molecule has 1 fully saturated rings. The van der Waals surface area contributed by atoms with Gasteiger partial charge in [-0.3, -0.25) is 0 Å². The molecule has 0 bridgehead atoms. The van der Waals surface area contributed by atoms with Gasteiger partial charge >= 0.3 is 0 Å². The number of anilines is 2. The van der Waals surface area contributed by atoms with Crippen molar-refractivity contribution in [3.63, 3.8) is 0 Å². The molecule has 5 heteroatoms. The molecule has 1 saturated heterocycles. The molecule has 1 aliphatic rings. The number of nitrogens with zero attached hydrogens (tertiary/aromatic N) is 3. The highest BCUT2D eigenvalue weighted by Gasteiger charge is 2.33. The minimum Gasteiger partial charge on any atom is -0.368 e. The van der Waals surface area contributed by atoms with Gasteiger partial charge in [0.05, 0.1) is 4.47 Å². The van der Waals surface area contributed by atoms with E-state index >= 15 is 0 Å². The molecule has 0 aromatic carbocycles. The van der Waals surface area contributed by atoms with Crippen LogP contribution in [0.1, 0.15) is 26.7 Å². The molecule has 0 aliphatic carbocycles. The van der Waals surface area contributed by atoms with Crippen molar-refractivity contribution in [1.82, 2.24) is 9.97 Å². The van der Waals surface area contributed by atoms with Crippen molar-refractivity contribution in [2.45, 2.75) is 32.2 Å². The van der Waals surface area contributed by atoms with Crippen LogP contribution in [0.5, 0.6) is 0 Å². The van der Waals surface area contributed by atoms with Gasteiger partial charge in [0.25, 0.3) is 0 Å². The van der Waals surface area contributed by atoms with E-state index in [-0.39, 0.29) is 5.54 Å². The first-order valence-electron chi connectivity index (χ1n) is 5.06. The van der Waals surface area contributed by atoms with E-state index in [1.807, 2.05) is 0 Å². The molecule has 82 valence electrons. The van der Waals surface area contributed by atoms with Gasteiger partial charge in [0.1, 0.15) is 5.82 Å². The van der Waals surface area contributed by atoms with Crippen LogP contribution < -0.4 is 10.6 Å². The zero-order valence-corrected chi connectivity index (χ0v) is 10.6. The topological polar surface area (TPSA) is 55.0 Å². The molecule has 0 amide bonds. The van der Waals surface area contributed by atoms with Crippen LogP contribution in [0.4, 0.5) is 11.8 Å². The van der Waals surface area contributed by atoms with E-state index in [1.54, 1.807) is 6.20 Å². The lowest BCUT2D eigenvalue weighted by Gasteiger charge is -2.33. The van der Waals surface area contributed by atoms with Crippen molar-refractivity contribution in [3.05, 3.63) is 10.7 Å². The number of halogens is 1. The molecule has 1 aromatic heterocycles. The Balaban J connectivity index is 2.40. The third kappa shape index (κ3) is 1.93. The largest absolute Gasteiger partial charge is 0.368 e. The molecule has 0 radical (unpaired) electrons. The monoisotopic (exact) mass is 270 g/mol. The van der Waals surface area contributed by atoms with Gasteiger partial charge in [-0.05, 0) is 42.6 Å². The summed E-state index contributed by atoms with van der Waals surface area (Å²) in [7, 11) is 0. The summed E-state index contributed by atoms with van der Waals surface area (Å²) in [5.74, 6) is 1.24. The number of nitrogens with two attached hydrogens (primary N) is 1. The summed E-state index contributed by atoms with van der Waals surface area (Å²) in [4.78, 5) is 10.5. The second-order valence-electron chi connectivity index (χ2n) is 4.47. The summed E-state index contributed by atoms with van der Waals surface area (Å²) in [6.07, 6.45) is 4.10. The second kappa shape index (κ2) is 3.63. The molecule has 4 nitrogen and oxygen atoms in total. The maximum atomic E-state index is 5.61. The highest BCUT2D eigenvalue weighted by Crippen LogP contribution is 2.36. The fraction of sp³-hybridized carbons (Fsp3) is 0.600. The molecule has 2 N–H and O–H groups in total. The molecule has 2 rings (SSSR count). The third-order valence-corrected chi connectivity index (χ3v) is 3.46. The third-order valence-electron chi connectivity index (χ3n) is 2.90. The van der Waals surface area contributed by atoms with Crippen molar-refractivity contribution in [3.8, 4) is 0 Å². The first-order valence-corrected chi connectivity index (χ1v) is 5.86. The molecular formula is C10H15BrN4. The molecule has 15 heavy (non-hydrogen) atoms. The summed E-state index contributed by atoms with van der Waals surface area (Å²) in [5, 5.41) is 0. The molecule has 0 atom stereocenters. The maximum absolute atomic E-state index is 5.61. The molecule has 1 aromatic rings. The van der Waals surface area contributed by atoms with Gasteiger partial charge in [-0.15, -0.1) is 0 Å². The first kappa shape index (κ1) is 10.7. The Kier molecular flexibility index (Phi) is 2.58. The van der Waals surface area contributed by atoms with Crippen LogP contribution in [-0.2, 0) is 0 Å². The van der Waals surface area contributed by atoms with Gasteiger partial charge in [-0.2, -0.15) is 4.98 Å². The van der Waals surface area contributed by atoms with Crippen LogP contribution in [0, 0.1) is 0 Å². The fourth-order valence-corrected chi connectivity index (χ4v) is 2.47. The van der Waals surface area contributed by atoms with Crippen LogP contribution in [-0.4, -0.2) is 22.1 Å². The predicted octanol–water partition coefficient (Wildman–Crippen LogP) is 2.20. The van der Waals surface area contributed by atoms with Crippen LogP contribution in [0.2, 0.25) is 0 Å². The Bertz CT molecular complexity index is 378. The van der Waals surface area contributed by atoms with Crippen molar-refractivity contribution >= 4 is 27.7 Å². The second-order valence-corrected chi connectivity index (χ2v) is 5.32. The quantitative estimate of drug-likeness (QED) is 0.850. The van der Waals surface area contributed by atoms with E-state index in [1.165, 1.54) is 12.8 Å². The van der Waals surface area contributed by atoms with Gasteiger partial charge < -0.3 is 10.6 Å².